The number of ether oxygens (including phenoxy) is 4. The first-order valence-electron chi connectivity index (χ1n) is 40.8. The Hall–Kier alpha value is -9.93. The molecule has 0 aromatic heterocycles. The number of hydrogen-bond donors (Lipinski definition) is 13. The lowest BCUT2D eigenvalue weighted by molar-refractivity contribution is -0.165. The lowest BCUT2D eigenvalue weighted by atomic mass is 9.82. The number of β-amino-alcohol motifs (C(OH)–C–C–N with tert-alkyl or cyclic N) is 4. The third-order valence-corrected chi connectivity index (χ3v) is 20.4. The number of carboxylic acid groups (broad SMARTS) is 4. The number of aliphatic carboxylic acids is 4. The van der Waals surface area contributed by atoms with E-state index in [2.05, 4.69) is 22.4 Å². The van der Waals surface area contributed by atoms with Gasteiger partial charge >= 0.3 is 60.4 Å². The van der Waals surface area contributed by atoms with Gasteiger partial charge in [0.15, 0.2) is 12.2 Å². The van der Waals surface area contributed by atoms with Gasteiger partial charge in [0.25, 0.3) is 0 Å². The quantitative estimate of drug-likeness (QED) is 0.0643. The van der Waals surface area contributed by atoms with Gasteiger partial charge in [-0.25, -0.2) is 62.5 Å². The van der Waals surface area contributed by atoms with Crippen LogP contribution in [0.15, 0.2) is 0 Å². The number of urea groups is 1. The molecule has 3 unspecified atom stereocenters. The summed E-state index contributed by atoms with van der Waals surface area (Å²) in [6.07, 6.45) is -9.56. The molecule has 9 heterocycles. The molecular weight excluding hydrogens is 1750 g/mol. The van der Waals surface area contributed by atoms with Gasteiger partial charge < -0.3 is 95.8 Å². The van der Waals surface area contributed by atoms with E-state index in [1.807, 2.05) is 29.2 Å². The second-order valence-electron chi connectivity index (χ2n) is 36.2. The number of nitrogens with zero attached hydrogens (tertiary/aromatic N) is 13. The van der Waals surface area contributed by atoms with Crippen molar-refractivity contribution in [2.75, 3.05) is 85.4 Å². The maximum Gasteiger partial charge on any atom is 0.411 e. The molecule has 0 aromatic carbocycles. The zero-order chi connectivity index (χ0) is 97.6. The van der Waals surface area contributed by atoms with E-state index in [1.54, 1.807) is 102 Å². The van der Waals surface area contributed by atoms with Crippen LogP contribution in [-0.2, 0) is 52.5 Å². The van der Waals surface area contributed by atoms with Crippen molar-refractivity contribution in [3.63, 3.8) is 0 Å². The first kappa shape index (κ1) is 116. The molecule has 0 bridgehead atoms. The van der Waals surface area contributed by atoms with E-state index in [-0.39, 0.29) is 119 Å². The number of alkyl halides is 5. The first-order valence-corrected chi connectivity index (χ1v) is 41.4. The number of halogens is 6. The summed E-state index contributed by atoms with van der Waals surface area (Å²) in [4.78, 5) is 148. The van der Waals surface area contributed by atoms with Crippen LogP contribution in [-0.4, -0.2) is 380 Å². The standard InChI is InChI=1S/C19H29FN4O2.C10H15FN2O2.C10H18N2O4.C10H16N2O3.C10H17NO5.C7H8ClFN2O.C5H7FN2.C5H9NO3.C4H6O6.ClH/c1-19(6-5-17(25)24-12-15(20)7-16(24)21-2)8-13-10-23(11-14(13)9-19)18(26)22(3)4;1-10(2,3)15-9(14)13-6-7(11)4-8(13)5-12;1-10(2,3)16-9(15)12-5-6(13)4-7(12)8(11)14;1-10(2,3)15-9(14)12-6-8(13)4-7(12)5-11;1-10(2,3)16-9(15)11-5-6(12)4-7(11)8(13)14;8-2-7(12)11-4-5(9)1-6(11)3-10;6-4-1-5(2-7)8-3-4;7-3-1-4(5(8)9)6-2-3;5-1(3(7)8)2(6)4(9)10;/h13-16H,5-12H2,1,3-4H3;7-8H,4,6H2,1-3H3;6-7,13H,4-5H2,1-3H3,(H2,11,14);7-8,13H,4,6H2,1-3H3;6-7,12H,4-5H2,1-3H3,(H,13,14);5-6H,1-2,4H2;4-5,8H,1,3H2;3-4,6-7H,1-2H2,(H,8,9);1-2,5-6H,(H,7,8)(H,9,10);1H/t13-,14+,15-,16-,19?;7-,8-;6-,7+;7-,8+;6-,7+;5-,6-;4-,5-;3-,4+;;/m00101001../s1. The van der Waals surface area contributed by atoms with Gasteiger partial charge in [-0.05, 0) is 120 Å². The second-order valence-corrected chi connectivity index (χ2v) is 36.5. The fourth-order valence-electron chi connectivity index (χ4n) is 14.4. The Kier molecular flexibility index (Phi) is 47.2. The minimum Gasteiger partial charge on any atom is -0.480 e. The molecule has 21 atom stereocenters. The number of nitriles is 4. The molecule has 9 amide bonds. The highest BCUT2D eigenvalue weighted by Gasteiger charge is 2.50. The van der Waals surface area contributed by atoms with E-state index < -0.39 is 180 Å². The van der Waals surface area contributed by atoms with Crippen molar-refractivity contribution < 1.29 is 145 Å². The van der Waals surface area contributed by atoms with Gasteiger partial charge in [-0.1, -0.05) is 6.92 Å². The highest BCUT2D eigenvalue weighted by molar-refractivity contribution is 6.27. The van der Waals surface area contributed by atoms with Crippen LogP contribution in [0.4, 0.5) is 41.5 Å². The summed E-state index contributed by atoms with van der Waals surface area (Å²) in [6, 6.07) is 3.30. The van der Waals surface area contributed by atoms with Crippen LogP contribution < -0.4 is 16.4 Å². The number of rotatable bonds is 10. The fraction of sp³-hybridized carbons (Fsp3) is 0.787. The molecule has 128 heavy (non-hydrogen) atoms. The molecule has 14 N–H and O–H groups in total. The molecule has 10 aliphatic rings. The van der Waals surface area contributed by atoms with Crippen molar-refractivity contribution in [3.8, 4) is 24.3 Å². The molecule has 48 heteroatoms. The number of primary amides is 1. The molecule has 1 saturated carbocycles. The number of fused-ring (bicyclic) bond motifs is 1. The van der Waals surface area contributed by atoms with Gasteiger partial charge in [0.2, 0.25) is 17.7 Å². The Balaban J connectivity index is 0.000000735. The molecule has 0 aromatic rings. The minimum atomic E-state index is -2.27. The number of aliphatic hydroxyl groups excluding tert-OH is 6. The van der Waals surface area contributed by atoms with Gasteiger partial charge in [0.1, 0.15) is 89.2 Å². The smallest absolute Gasteiger partial charge is 0.411 e. The van der Waals surface area contributed by atoms with Crippen LogP contribution in [0, 0.1) is 69.1 Å². The molecule has 724 valence electrons. The highest BCUT2D eigenvalue weighted by Crippen LogP contribution is 2.51. The largest absolute Gasteiger partial charge is 0.480 e. The maximum atomic E-state index is 13.5. The monoisotopic (exact) mass is 1870 g/mol. The Labute approximate surface area is 752 Å². The van der Waals surface area contributed by atoms with Crippen molar-refractivity contribution >= 4 is 96.0 Å². The first-order chi connectivity index (χ1) is 58.5. The number of nitrogens with one attached hydrogen (secondary N) is 2. The summed E-state index contributed by atoms with van der Waals surface area (Å²) in [6.45, 7) is 32.8. The van der Waals surface area contributed by atoms with Crippen LogP contribution in [0.2, 0.25) is 0 Å². The Morgan fingerprint density at radius 1 is 0.508 bits per heavy atom. The summed E-state index contributed by atoms with van der Waals surface area (Å²) in [7, 11) is 3.56. The topological polar surface area (TPSA) is 620 Å². The predicted octanol–water partition coefficient (Wildman–Crippen LogP) is 3.62. The molecule has 10 rings (SSSR count). The molecule has 10 fully saturated rings. The molecule has 42 nitrogen and oxygen atoms in total. The van der Waals surface area contributed by atoms with Crippen LogP contribution in [0.3, 0.4) is 0 Å². The van der Waals surface area contributed by atoms with Crippen LogP contribution in [0.5, 0.6) is 0 Å². The predicted molar refractivity (Wildman–Crippen MR) is 445 cm³/mol. The van der Waals surface area contributed by atoms with Crippen molar-refractivity contribution in [1.29, 1.82) is 21.0 Å². The van der Waals surface area contributed by atoms with Gasteiger partial charge in [-0.15, -0.1) is 24.0 Å². The molecule has 0 spiro atoms. The van der Waals surface area contributed by atoms with Gasteiger partial charge in [-0.3, -0.25) is 53.8 Å². The van der Waals surface area contributed by atoms with Crippen molar-refractivity contribution in [3.05, 3.63) is 11.4 Å². The minimum absolute atomic E-state index is 0. The lowest BCUT2D eigenvalue weighted by Crippen LogP contribution is -2.45. The second kappa shape index (κ2) is 52.1. The number of likely N-dealkylation sites (tertiary alicyclic amines) is 7. The molecule has 9 aliphatic heterocycles. The number of amides is 9. The Morgan fingerprint density at radius 3 is 1.23 bits per heavy atom. The Bertz CT molecular complexity index is 3790. The number of carboxylic acids is 4. The fourth-order valence-corrected chi connectivity index (χ4v) is 14.5. The van der Waals surface area contributed by atoms with Crippen molar-refractivity contribution in [2.45, 2.75) is 299 Å². The number of hydrogen-bond acceptors (Lipinski definition) is 28. The normalized spacial score (nSPS) is 28.6. The summed E-state index contributed by atoms with van der Waals surface area (Å²) in [5, 5.41) is 126. The Morgan fingerprint density at radius 2 is 0.891 bits per heavy atom. The number of nitrogens with two attached hydrogens (primary N) is 1. The summed E-state index contributed by atoms with van der Waals surface area (Å²) in [5.74, 6) is -5.79. The van der Waals surface area contributed by atoms with Crippen LogP contribution >= 0.6 is 24.0 Å². The van der Waals surface area contributed by atoms with E-state index in [0.29, 0.717) is 50.6 Å². The molecule has 9 saturated heterocycles. The van der Waals surface area contributed by atoms with Gasteiger partial charge in [-0.2, -0.15) is 21.0 Å². The zero-order valence-corrected chi connectivity index (χ0v) is 76.1. The maximum absolute atomic E-state index is 13.5. The average Bonchev–Trinajstić information content (AvgIpc) is 1.62. The van der Waals surface area contributed by atoms with E-state index in [9.17, 15) is 90.4 Å². The summed E-state index contributed by atoms with van der Waals surface area (Å²) >= 11 is 5.28. The lowest BCUT2D eigenvalue weighted by Gasteiger charge is -2.28. The van der Waals surface area contributed by atoms with Crippen molar-refractivity contribution in [1.82, 2.24) is 49.8 Å². The zero-order valence-electron chi connectivity index (χ0n) is 74.5. The number of aliphatic hydroxyl groups is 6. The number of carbonyl (C=O) groups excluding carboxylic acids is 8. The molecular formula is C80H126Cl2F4N16O26. The number of carbonyl (C=O) groups is 12. The third kappa shape index (κ3) is 40.0. The van der Waals surface area contributed by atoms with Crippen LogP contribution in [0.1, 0.15) is 167 Å². The van der Waals surface area contributed by atoms with Crippen molar-refractivity contribution in [2.24, 2.45) is 23.0 Å². The van der Waals surface area contributed by atoms with Gasteiger partial charge in [0.05, 0.1) is 100 Å². The average molecular weight is 1870 g/mol. The van der Waals surface area contributed by atoms with E-state index in [1.165, 1.54) is 19.6 Å². The third-order valence-electron chi connectivity index (χ3n) is 20.2. The molecule has 1 aliphatic carbocycles. The summed E-state index contributed by atoms with van der Waals surface area (Å²) in [5.41, 5.74) is 2.75. The SMILES string of the molecule is CC(C)(C)OC(=O)N1C[C@@H](F)C[C@H]1C#N.CC(C)(C)OC(=O)N1C[C@H](O)C[C@H]1C#N.CC(C)(C)OC(=O)N1C[C@H](O)C[C@H]1C(=O)O.CC(C)(C)OC(=O)N1C[C@H](O)C[C@H]1C(N)=O.Cl.N#C[C@@H]1C[C@H](F)CN1.N#C[C@@H]1C[C@H](F)CN1C(=O)CCl.O=C(O)C(O)C(O)C(=O)O.O=C(O)[C@@H]1C[C@@H](O)CN1.[C-]#[N+][C@@H]1C[C@H](F)CN1C(=O)CCC1(C)C[C@H]2CN(C(=O)N(C)C)C[C@H]2C1. The highest BCUT2D eigenvalue weighted by atomic mass is 35.5. The van der Waals surface area contributed by atoms with E-state index in [4.69, 9.17) is 99.6 Å². The summed E-state index contributed by atoms with van der Waals surface area (Å²) < 4.78 is 71.8. The van der Waals surface area contributed by atoms with Crippen LogP contribution in [0.25, 0.3) is 4.85 Å². The van der Waals surface area contributed by atoms with E-state index >= 15 is 0 Å². The van der Waals surface area contributed by atoms with Gasteiger partial charge in [0, 0.05) is 91.6 Å². The van der Waals surface area contributed by atoms with E-state index in [0.717, 1.165) is 42.2 Å². The molecule has 0 radical (unpaired) electrons.